The normalized spacial score (nSPS) is 16.7. The third kappa shape index (κ3) is 1.43. The minimum Gasteiger partial charge on any atom is -0.448 e. The van der Waals surface area contributed by atoms with E-state index in [0.29, 0.717) is 13.2 Å². The monoisotopic (exact) mass is 183 g/mol. The molecule has 1 aliphatic heterocycles. The van der Waals surface area contributed by atoms with Gasteiger partial charge in [-0.3, -0.25) is 4.90 Å². The maximum atomic E-state index is 11.0. The fraction of sp³-hybridized carbons (Fsp3) is 0.375. The maximum absolute atomic E-state index is 11.0. The Balaban J connectivity index is 1.99. The number of rotatable bonds is 2. The minimum atomic E-state index is -0.191. The van der Waals surface area contributed by atoms with E-state index in [2.05, 4.69) is 0 Å². The SMILES string of the molecule is O=C1OCCN1Cc1cccs1. The van der Waals surface area contributed by atoms with Gasteiger partial charge in [0.15, 0.2) is 0 Å². The van der Waals surface area contributed by atoms with Gasteiger partial charge in [-0.1, -0.05) is 6.07 Å². The van der Waals surface area contributed by atoms with Gasteiger partial charge in [0.1, 0.15) is 6.61 Å². The van der Waals surface area contributed by atoms with Crippen LogP contribution in [-0.2, 0) is 11.3 Å². The standard InChI is InChI=1S/C8H9NO2S/c10-8-9(3-4-11-8)6-7-2-1-5-12-7/h1-2,5H,3-4,6H2. The van der Waals surface area contributed by atoms with Gasteiger partial charge in [0.25, 0.3) is 0 Å². The summed E-state index contributed by atoms with van der Waals surface area (Å²) >= 11 is 1.66. The molecule has 0 N–H and O–H groups in total. The van der Waals surface area contributed by atoms with Gasteiger partial charge in [-0.25, -0.2) is 4.79 Å². The summed E-state index contributed by atoms with van der Waals surface area (Å²) in [7, 11) is 0. The first-order valence-electron chi connectivity index (χ1n) is 3.80. The summed E-state index contributed by atoms with van der Waals surface area (Å²) in [6, 6.07) is 4.01. The van der Waals surface area contributed by atoms with Crippen LogP contribution in [0, 0.1) is 0 Å². The van der Waals surface area contributed by atoms with E-state index in [4.69, 9.17) is 4.74 Å². The Labute approximate surface area is 74.6 Å². The second-order valence-corrected chi connectivity index (χ2v) is 3.65. The Morgan fingerprint density at radius 1 is 1.67 bits per heavy atom. The van der Waals surface area contributed by atoms with Crippen LogP contribution in [-0.4, -0.2) is 24.1 Å². The van der Waals surface area contributed by atoms with Crippen molar-refractivity contribution in [2.45, 2.75) is 6.54 Å². The smallest absolute Gasteiger partial charge is 0.410 e. The summed E-state index contributed by atoms with van der Waals surface area (Å²) in [5.74, 6) is 0. The molecule has 1 aromatic rings. The van der Waals surface area contributed by atoms with E-state index in [0.717, 1.165) is 6.54 Å². The number of hydrogen-bond acceptors (Lipinski definition) is 3. The Kier molecular flexibility index (Phi) is 1.99. The lowest BCUT2D eigenvalue weighted by atomic mass is 10.4. The minimum absolute atomic E-state index is 0.191. The number of nitrogens with zero attached hydrogens (tertiary/aromatic N) is 1. The van der Waals surface area contributed by atoms with E-state index in [-0.39, 0.29) is 6.09 Å². The van der Waals surface area contributed by atoms with Crippen molar-refractivity contribution in [1.29, 1.82) is 0 Å². The van der Waals surface area contributed by atoms with E-state index in [9.17, 15) is 4.79 Å². The average Bonchev–Trinajstić information content (AvgIpc) is 2.65. The molecular weight excluding hydrogens is 174 g/mol. The molecule has 2 rings (SSSR count). The summed E-state index contributed by atoms with van der Waals surface area (Å²) in [5.41, 5.74) is 0. The van der Waals surface area contributed by atoms with Crippen molar-refractivity contribution in [2.75, 3.05) is 13.2 Å². The molecule has 0 aromatic carbocycles. The first-order valence-corrected chi connectivity index (χ1v) is 4.68. The van der Waals surface area contributed by atoms with E-state index < -0.39 is 0 Å². The van der Waals surface area contributed by atoms with Crippen LogP contribution in [0.25, 0.3) is 0 Å². The Morgan fingerprint density at radius 3 is 3.17 bits per heavy atom. The summed E-state index contributed by atoms with van der Waals surface area (Å²) in [4.78, 5) is 13.9. The first-order chi connectivity index (χ1) is 5.86. The highest BCUT2D eigenvalue weighted by Crippen LogP contribution is 2.14. The van der Waals surface area contributed by atoms with Crippen molar-refractivity contribution >= 4 is 17.4 Å². The molecule has 0 atom stereocenters. The lowest BCUT2D eigenvalue weighted by Crippen LogP contribution is -2.22. The third-order valence-electron chi connectivity index (χ3n) is 1.77. The second kappa shape index (κ2) is 3.15. The highest BCUT2D eigenvalue weighted by atomic mass is 32.1. The highest BCUT2D eigenvalue weighted by molar-refractivity contribution is 7.09. The van der Waals surface area contributed by atoms with Crippen LogP contribution in [0.3, 0.4) is 0 Å². The molecule has 0 bridgehead atoms. The van der Waals surface area contributed by atoms with Gasteiger partial charge in [-0.2, -0.15) is 0 Å². The quantitative estimate of drug-likeness (QED) is 0.698. The lowest BCUT2D eigenvalue weighted by Gasteiger charge is -2.09. The van der Waals surface area contributed by atoms with Crippen LogP contribution in [0.4, 0.5) is 4.79 Å². The largest absolute Gasteiger partial charge is 0.448 e. The Morgan fingerprint density at radius 2 is 2.58 bits per heavy atom. The van der Waals surface area contributed by atoms with Gasteiger partial charge in [-0.05, 0) is 11.4 Å². The molecule has 1 aromatic heterocycles. The average molecular weight is 183 g/mol. The van der Waals surface area contributed by atoms with Gasteiger partial charge in [0.05, 0.1) is 13.1 Å². The van der Waals surface area contributed by atoms with Crippen LogP contribution >= 0.6 is 11.3 Å². The van der Waals surface area contributed by atoms with Crippen LogP contribution in [0.15, 0.2) is 17.5 Å². The molecule has 4 heteroatoms. The van der Waals surface area contributed by atoms with E-state index in [1.807, 2.05) is 17.5 Å². The van der Waals surface area contributed by atoms with Crippen molar-refractivity contribution in [3.05, 3.63) is 22.4 Å². The zero-order valence-corrected chi connectivity index (χ0v) is 7.34. The molecule has 0 aliphatic carbocycles. The molecule has 2 heterocycles. The molecule has 12 heavy (non-hydrogen) atoms. The molecule has 0 spiro atoms. The van der Waals surface area contributed by atoms with Crippen molar-refractivity contribution in [3.8, 4) is 0 Å². The van der Waals surface area contributed by atoms with Crippen LogP contribution < -0.4 is 0 Å². The number of ether oxygens (including phenoxy) is 1. The molecule has 1 aliphatic rings. The summed E-state index contributed by atoms with van der Waals surface area (Å²) in [5, 5.41) is 2.01. The summed E-state index contributed by atoms with van der Waals surface area (Å²) in [6.07, 6.45) is -0.191. The predicted octanol–water partition coefficient (Wildman–Crippen LogP) is 1.70. The van der Waals surface area contributed by atoms with Crippen molar-refractivity contribution in [3.63, 3.8) is 0 Å². The second-order valence-electron chi connectivity index (χ2n) is 2.62. The Bertz CT molecular complexity index is 271. The number of hydrogen-bond donors (Lipinski definition) is 0. The molecule has 64 valence electrons. The maximum Gasteiger partial charge on any atom is 0.410 e. The molecule has 1 fully saturated rings. The van der Waals surface area contributed by atoms with Crippen molar-refractivity contribution in [2.24, 2.45) is 0 Å². The number of carbonyl (C=O) groups is 1. The van der Waals surface area contributed by atoms with E-state index >= 15 is 0 Å². The van der Waals surface area contributed by atoms with Gasteiger partial charge in [0.2, 0.25) is 0 Å². The molecule has 1 saturated heterocycles. The van der Waals surface area contributed by atoms with Crippen LogP contribution in [0.1, 0.15) is 4.88 Å². The molecule has 0 unspecified atom stereocenters. The molecule has 3 nitrogen and oxygen atoms in total. The number of cyclic esters (lactones) is 1. The molecule has 0 saturated carbocycles. The number of carbonyl (C=O) groups excluding carboxylic acids is 1. The van der Waals surface area contributed by atoms with Crippen molar-refractivity contribution < 1.29 is 9.53 Å². The van der Waals surface area contributed by atoms with Gasteiger partial charge in [0, 0.05) is 4.88 Å². The highest BCUT2D eigenvalue weighted by Gasteiger charge is 2.21. The summed E-state index contributed by atoms with van der Waals surface area (Å²) in [6.45, 7) is 1.94. The van der Waals surface area contributed by atoms with E-state index in [1.165, 1.54) is 4.88 Å². The Hall–Kier alpha value is -1.03. The van der Waals surface area contributed by atoms with Gasteiger partial charge >= 0.3 is 6.09 Å². The molecule has 0 radical (unpaired) electrons. The van der Waals surface area contributed by atoms with E-state index in [1.54, 1.807) is 16.2 Å². The lowest BCUT2D eigenvalue weighted by molar-refractivity contribution is 0.157. The van der Waals surface area contributed by atoms with Gasteiger partial charge < -0.3 is 4.74 Å². The fourth-order valence-corrected chi connectivity index (χ4v) is 1.88. The van der Waals surface area contributed by atoms with Crippen LogP contribution in [0.5, 0.6) is 0 Å². The summed E-state index contributed by atoms with van der Waals surface area (Å²) < 4.78 is 4.81. The zero-order valence-electron chi connectivity index (χ0n) is 6.53. The fourth-order valence-electron chi connectivity index (χ4n) is 1.16. The van der Waals surface area contributed by atoms with Crippen molar-refractivity contribution in [1.82, 2.24) is 4.90 Å². The number of amides is 1. The predicted molar refractivity (Wildman–Crippen MR) is 46.1 cm³/mol. The molecular formula is C8H9NO2S. The zero-order chi connectivity index (χ0) is 8.39. The van der Waals surface area contributed by atoms with Gasteiger partial charge in [-0.15, -0.1) is 11.3 Å². The number of thiophene rings is 1. The third-order valence-corrected chi connectivity index (χ3v) is 2.63. The topological polar surface area (TPSA) is 29.5 Å². The first kappa shape index (κ1) is 7.61. The molecule has 1 amide bonds. The van der Waals surface area contributed by atoms with Crippen LogP contribution in [0.2, 0.25) is 0 Å².